The van der Waals surface area contributed by atoms with E-state index in [-0.39, 0.29) is 11.9 Å². The van der Waals surface area contributed by atoms with Crippen molar-refractivity contribution in [3.8, 4) is 0 Å². The van der Waals surface area contributed by atoms with Crippen molar-refractivity contribution in [2.45, 2.75) is 29.7 Å². The van der Waals surface area contributed by atoms with E-state index in [4.69, 9.17) is 11.6 Å². The molecule has 0 aliphatic carbocycles. The summed E-state index contributed by atoms with van der Waals surface area (Å²) in [4.78, 5) is 22.8. The standard InChI is InChI=1S/C23H23ClN4OS2/c24-18-3-1-2-16(14-18)17-8-11-27(15-17)21-9-12-28(22(21)29)19-4-6-20(7-5-19)31-26-23-25-10-13-30-23/h1-7,10,13-14,17,21H,8-9,11-12,15H2,(H,25,26)/t17?,21-/m0/s1. The van der Waals surface area contributed by atoms with Gasteiger partial charge in [-0.2, -0.15) is 0 Å². The molecule has 0 radical (unpaired) electrons. The minimum atomic E-state index is -0.0233. The molecule has 5 nitrogen and oxygen atoms in total. The Morgan fingerprint density at radius 3 is 2.77 bits per heavy atom. The number of thiazole rings is 1. The molecule has 1 amide bonds. The number of nitrogens with one attached hydrogen (secondary N) is 1. The van der Waals surface area contributed by atoms with Crippen molar-refractivity contribution >= 4 is 51.6 Å². The van der Waals surface area contributed by atoms with Crippen LogP contribution in [-0.4, -0.2) is 41.5 Å². The number of carbonyl (C=O) groups excluding carboxylic acids is 1. The Kier molecular flexibility index (Phi) is 6.18. The monoisotopic (exact) mass is 470 g/mol. The number of anilines is 2. The van der Waals surface area contributed by atoms with Gasteiger partial charge in [0.25, 0.3) is 0 Å². The fraction of sp³-hybridized carbons (Fsp3) is 0.304. The van der Waals surface area contributed by atoms with Gasteiger partial charge in [-0.3, -0.25) is 9.69 Å². The lowest BCUT2D eigenvalue weighted by Gasteiger charge is -2.23. The Hall–Kier alpha value is -2.06. The smallest absolute Gasteiger partial charge is 0.244 e. The number of halogens is 1. The minimum Gasteiger partial charge on any atom is -0.311 e. The van der Waals surface area contributed by atoms with Gasteiger partial charge in [-0.05, 0) is 79.2 Å². The van der Waals surface area contributed by atoms with E-state index in [0.29, 0.717) is 5.92 Å². The first-order chi connectivity index (χ1) is 15.2. The van der Waals surface area contributed by atoms with Gasteiger partial charge in [0.05, 0.1) is 6.04 Å². The summed E-state index contributed by atoms with van der Waals surface area (Å²) in [5.74, 6) is 0.662. The predicted molar refractivity (Wildman–Crippen MR) is 129 cm³/mol. The second kappa shape index (κ2) is 9.20. The van der Waals surface area contributed by atoms with Crippen molar-refractivity contribution in [3.63, 3.8) is 0 Å². The van der Waals surface area contributed by atoms with Gasteiger partial charge in [0.2, 0.25) is 5.91 Å². The second-order valence-corrected chi connectivity index (χ2v) is 10.1. The molecule has 2 fully saturated rings. The lowest BCUT2D eigenvalue weighted by molar-refractivity contribution is -0.121. The molecule has 3 aromatic rings. The van der Waals surface area contributed by atoms with E-state index >= 15 is 0 Å². The summed E-state index contributed by atoms with van der Waals surface area (Å²) in [5.41, 5.74) is 2.24. The van der Waals surface area contributed by atoms with Crippen LogP contribution in [0.5, 0.6) is 0 Å². The molecule has 2 saturated heterocycles. The zero-order chi connectivity index (χ0) is 21.2. The van der Waals surface area contributed by atoms with Gasteiger partial charge >= 0.3 is 0 Å². The number of hydrogen-bond donors (Lipinski definition) is 1. The van der Waals surface area contributed by atoms with Crippen LogP contribution >= 0.6 is 34.9 Å². The van der Waals surface area contributed by atoms with Gasteiger partial charge < -0.3 is 9.62 Å². The summed E-state index contributed by atoms with van der Waals surface area (Å²) < 4.78 is 3.23. The third-order valence-corrected chi connectivity index (χ3v) is 7.85. The highest BCUT2D eigenvalue weighted by molar-refractivity contribution is 8.00. The van der Waals surface area contributed by atoms with Gasteiger partial charge in [0.1, 0.15) is 0 Å². The van der Waals surface area contributed by atoms with Crippen LogP contribution < -0.4 is 9.62 Å². The van der Waals surface area contributed by atoms with Crippen molar-refractivity contribution in [1.29, 1.82) is 0 Å². The summed E-state index contributed by atoms with van der Waals surface area (Å²) >= 11 is 9.27. The summed E-state index contributed by atoms with van der Waals surface area (Å²) in [6.07, 6.45) is 3.73. The van der Waals surface area contributed by atoms with Crippen LogP contribution in [-0.2, 0) is 4.79 Å². The Morgan fingerprint density at radius 1 is 1.13 bits per heavy atom. The number of benzene rings is 2. The normalized spacial score (nSPS) is 21.7. The SMILES string of the molecule is O=C1[C@@H](N2CCC(c3cccc(Cl)c3)C2)CCN1c1ccc(SNc2nccs2)cc1. The highest BCUT2D eigenvalue weighted by Crippen LogP contribution is 2.34. The van der Waals surface area contributed by atoms with Gasteiger partial charge in [-0.25, -0.2) is 4.98 Å². The number of hydrogen-bond acceptors (Lipinski definition) is 6. The van der Waals surface area contributed by atoms with E-state index in [9.17, 15) is 4.79 Å². The summed E-state index contributed by atoms with van der Waals surface area (Å²) in [6.45, 7) is 2.65. The number of carbonyl (C=O) groups is 1. The van der Waals surface area contributed by atoms with Crippen molar-refractivity contribution in [3.05, 3.63) is 70.7 Å². The highest BCUT2D eigenvalue weighted by atomic mass is 35.5. The molecule has 0 spiro atoms. The first-order valence-electron chi connectivity index (χ1n) is 10.4. The van der Waals surface area contributed by atoms with E-state index < -0.39 is 0 Å². The van der Waals surface area contributed by atoms with E-state index in [1.165, 1.54) is 17.5 Å². The second-order valence-electron chi connectivity index (χ2n) is 7.87. The Balaban J connectivity index is 1.20. The van der Waals surface area contributed by atoms with Crippen LogP contribution in [0.15, 0.2) is 65.0 Å². The van der Waals surface area contributed by atoms with Crippen molar-refractivity contribution < 1.29 is 4.79 Å². The van der Waals surface area contributed by atoms with Crippen molar-refractivity contribution in [1.82, 2.24) is 9.88 Å². The molecule has 31 heavy (non-hydrogen) atoms. The van der Waals surface area contributed by atoms with Crippen LogP contribution in [0.1, 0.15) is 24.3 Å². The number of rotatable bonds is 6. The molecule has 1 aromatic heterocycles. The Bertz CT molecular complexity index is 1040. The van der Waals surface area contributed by atoms with Crippen LogP contribution in [0, 0.1) is 0 Å². The molecule has 2 atom stereocenters. The average Bonchev–Trinajstić information content (AvgIpc) is 3.54. The molecule has 8 heteroatoms. The van der Waals surface area contributed by atoms with E-state index in [2.05, 4.69) is 26.7 Å². The van der Waals surface area contributed by atoms with Gasteiger partial charge in [-0.1, -0.05) is 23.7 Å². The van der Waals surface area contributed by atoms with Crippen molar-refractivity contribution in [2.24, 2.45) is 0 Å². The predicted octanol–water partition coefficient (Wildman–Crippen LogP) is 5.51. The zero-order valence-electron chi connectivity index (χ0n) is 16.9. The summed E-state index contributed by atoms with van der Waals surface area (Å²) in [6, 6.07) is 16.3. The number of nitrogens with zero attached hydrogens (tertiary/aromatic N) is 3. The van der Waals surface area contributed by atoms with E-state index in [1.54, 1.807) is 17.5 Å². The molecule has 5 rings (SSSR count). The number of amides is 1. The lowest BCUT2D eigenvalue weighted by Crippen LogP contribution is -2.40. The fourth-order valence-electron chi connectivity index (χ4n) is 4.43. The van der Waals surface area contributed by atoms with E-state index in [0.717, 1.165) is 53.2 Å². The largest absolute Gasteiger partial charge is 0.311 e. The molecule has 0 bridgehead atoms. The van der Waals surface area contributed by atoms with Crippen LogP contribution in [0.2, 0.25) is 5.02 Å². The summed E-state index contributed by atoms with van der Waals surface area (Å²) in [5, 5.41) is 3.61. The third kappa shape index (κ3) is 4.60. The fourth-order valence-corrected chi connectivity index (χ4v) is 5.85. The molecule has 1 unspecified atom stereocenters. The lowest BCUT2D eigenvalue weighted by atomic mass is 9.99. The third-order valence-electron chi connectivity index (χ3n) is 5.99. The molecule has 2 aromatic carbocycles. The van der Waals surface area contributed by atoms with Crippen LogP contribution in [0.3, 0.4) is 0 Å². The molecule has 160 valence electrons. The molecular formula is C23H23ClN4OS2. The highest BCUT2D eigenvalue weighted by Gasteiger charge is 2.39. The van der Waals surface area contributed by atoms with Gasteiger partial charge in [0, 0.05) is 40.3 Å². The zero-order valence-corrected chi connectivity index (χ0v) is 19.3. The molecular weight excluding hydrogens is 448 g/mol. The summed E-state index contributed by atoms with van der Waals surface area (Å²) in [7, 11) is 0. The average molecular weight is 471 g/mol. The minimum absolute atomic E-state index is 0.0233. The first kappa shape index (κ1) is 20.8. The number of aromatic nitrogens is 1. The molecule has 2 aliphatic rings. The molecule has 3 heterocycles. The number of likely N-dealkylation sites (tertiary alicyclic amines) is 1. The van der Waals surface area contributed by atoms with E-state index in [1.807, 2.05) is 46.7 Å². The van der Waals surface area contributed by atoms with Gasteiger partial charge in [-0.15, -0.1) is 11.3 Å². The molecule has 1 N–H and O–H groups in total. The molecule has 2 aliphatic heterocycles. The Morgan fingerprint density at radius 2 is 2.00 bits per heavy atom. The topological polar surface area (TPSA) is 48.5 Å². The van der Waals surface area contributed by atoms with Crippen LogP contribution in [0.4, 0.5) is 10.8 Å². The van der Waals surface area contributed by atoms with Gasteiger partial charge in [0.15, 0.2) is 5.13 Å². The Labute approximate surface area is 195 Å². The maximum Gasteiger partial charge on any atom is 0.244 e. The maximum atomic E-state index is 13.2. The van der Waals surface area contributed by atoms with Crippen molar-refractivity contribution in [2.75, 3.05) is 29.3 Å². The van der Waals surface area contributed by atoms with Crippen LogP contribution in [0.25, 0.3) is 0 Å². The maximum absolute atomic E-state index is 13.2. The molecule has 0 saturated carbocycles. The quantitative estimate of drug-likeness (QED) is 0.481. The first-order valence-corrected chi connectivity index (χ1v) is 12.5.